The molecule has 0 fully saturated rings. The van der Waals surface area contributed by atoms with Crippen molar-refractivity contribution in [1.29, 1.82) is 0 Å². The molecule has 0 N–H and O–H groups in total. The van der Waals surface area contributed by atoms with Crippen molar-refractivity contribution in [3.05, 3.63) is 71.8 Å². The van der Waals surface area contributed by atoms with Gasteiger partial charge in [0.05, 0.1) is 0 Å². The van der Waals surface area contributed by atoms with E-state index in [1.165, 1.54) is 60.8 Å². The van der Waals surface area contributed by atoms with Crippen LogP contribution >= 0.6 is 0 Å². The minimum atomic E-state index is 0.608. The minimum absolute atomic E-state index is 0.608. The Labute approximate surface area is 147 Å². The first kappa shape index (κ1) is 17.0. The van der Waals surface area contributed by atoms with Gasteiger partial charge in [0.2, 0.25) is 0 Å². The second kappa shape index (κ2) is 8.33. The standard InChI is InChI=1S/C24H30/c1-3-4-5-6-20-9-13-22(14-10-20)24-17-15-23(16-18-24)21-11-7-19(2)8-12-21/h7,9-11,13-19,21H,3-6,8,12H2,1-2H3. The molecule has 0 heterocycles. The molecule has 2 aromatic rings. The third-order valence-electron chi connectivity index (χ3n) is 5.30. The highest BCUT2D eigenvalue weighted by Crippen LogP contribution is 2.31. The maximum absolute atomic E-state index is 2.40. The third kappa shape index (κ3) is 4.38. The second-order valence-electron chi connectivity index (χ2n) is 7.32. The van der Waals surface area contributed by atoms with Crippen molar-refractivity contribution >= 4 is 0 Å². The summed E-state index contributed by atoms with van der Waals surface area (Å²) in [6.07, 6.45) is 12.5. The van der Waals surface area contributed by atoms with Crippen LogP contribution in [0.15, 0.2) is 60.7 Å². The number of aryl methyl sites for hydroxylation is 1. The predicted octanol–water partition coefficient (Wildman–Crippen LogP) is 7.16. The van der Waals surface area contributed by atoms with Crippen LogP contribution in [0.2, 0.25) is 0 Å². The van der Waals surface area contributed by atoms with Crippen molar-refractivity contribution in [3.8, 4) is 11.1 Å². The van der Waals surface area contributed by atoms with E-state index in [0.717, 1.165) is 5.92 Å². The molecule has 0 aliphatic heterocycles. The van der Waals surface area contributed by atoms with Gasteiger partial charge in [-0.15, -0.1) is 0 Å². The van der Waals surface area contributed by atoms with E-state index in [0.29, 0.717) is 5.92 Å². The molecule has 0 aromatic heterocycles. The van der Waals surface area contributed by atoms with Gasteiger partial charge in [-0.2, -0.15) is 0 Å². The van der Waals surface area contributed by atoms with Gasteiger partial charge in [0, 0.05) is 5.92 Å². The summed E-state index contributed by atoms with van der Waals surface area (Å²) in [4.78, 5) is 0. The summed E-state index contributed by atoms with van der Waals surface area (Å²) in [6, 6.07) is 18.3. The average molecular weight is 319 g/mol. The lowest BCUT2D eigenvalue weighted by Crippen LogP contribution is -2.04. The van der Waals surface area contributed by atoms with E-state index >= 15 is 0 Å². The lowest BCUT2D eigenvalue weighted by Gasteiger charge is -2.20. The summed E-state index contributed by atoms with van der Waals surface area (Å²) in [5.41, 5.74) is 5.57. The molecular weight excluding hydrogens is 288 g/mol. The lowest BCUT2D eigenvalue weighted by molar-refractivity contribution is 0.545. The minimum Gasteiger partial charge on any atom is -0.0851 e. The van der Waals surface area contributed by atoms with Crippen LogP contribution in [0.25, 0.3) is 11.1 Å². The number of hydrogen-bond acceptors (Lipinski definition) is 0. The first-order valence-electron chi connectivity index (χ1n) is 9.64. The fourth-order valence-electron chi connectivity index (χ4n) is 3.60. The number of benzene rings is 2. The van der Waals surface area contributed by atoms with Gasteiger partial charge in [0.15, 0.2) is 0 Å². The topological polar surface area (TPSA) is 0 Å². The van der Waals surface area contributed by atoms with Crippen LogP contribution in [-0.2, 0) is 6.42 Å². The van der Waals surface area contributed by atoms with Crippen molar-refractivity contribution in [2.24, 2.45) is 5.92 Å². The zero-order chi connectivity index (χ0) is 16.8. The fraction of sp³-hybridized carbons (Fsp3) is 0.417. The fourth-order valence-corrected chi connectivity index (χ4v) is 3.60. The summed E-state index contributed by atoms with van der Waals surface area (Å²) in [5.74, 6) is 1.35. The van der Waals surface area contributed by atoms with Crippen LogP contribution in [-0.4, -0.2) is 0 Å². The van der Waals surface area contributed by atoms with E-state index in [1.54, 1.807) is 0 Å². The van der Waals surface area contributed by atoms with Crippen LogP contribution in [0.5, 0.6) is 0 Å². The Morgan fingerprint density at radius 1 is 0.792 bits per heavy atom. The quantitative estimate of drug-likeness (QED) is 0.391. The number of rotatable bonds is 6. The number of allylic oxidation sites excluding steroid dienone is 2. The van der Waals surface area contributed by atoms with Gasteiger partial charge >= 0.3 is 0 Å². The average Bonchev–Trinajstić information content (AvgIpc) is 2.63. The van der Waals surface area contributed by atoms with Crippen LogP contribution in [0.3, 0.4) is 0 Å². The van der Waals surface area contributed by atoms with Crippen LogP contribution in [0.4, 0.5) is 0 Å². The molecular formula is C24H30. The molecule has 0 heteroatoms. The third-order valence-corrected chi connectivity index (χ3v) is 5.30. The van der Waals surface area contributed by atoms with E-state index in [9.17, 15) is 0 Å². The van der Waals surface area contributed by atoms with E-state index in [2.05, 4.69) is 74.5 Å². The number of hydrogen-bond donors (Lipinski definition) is 0. The molecule has 0 radical (unpaired) electrons. The zero-order valence-electron chi connectivity index (χ0n) is 15.2. The first-order valence-corrected chi connectivity index (χ1v) is 9.64. The van der Waals surface area contributed by atoms with Gasteiger partial charge in [-0.1, -0.05) is 87.4 Å². The van der Waals surface area contributed by atoms with Crippen molar-refractivity contribution in [1.82, 2.24) is 0 Å². The highest BCUT2D eigenvalue weighted by Gasteiger charge is 2.14. The van der Waals surface area contributed by atoms with Crippen molar-refractivity contribution in [2.45, 2.75) is 58.3 Å². The second-order valence-corrected chi connectivity index (χ2v) is 7.32. The largest absolute Gasteiger partial charge is 0.0851 e. The molecule has 0 bridgehead atoms. The lowest BCUT2D eigenvalue weighted by atomic mass is 9.85. The monoisotopic (exact) mass is 318 g/mol. The van der Waals surface area contributed by atoms with Gasteiger partial charge in [-0.05, 0) is 53.9 Å². The van der Waals surface area contributed by atoms with Crippen molar-refractivity contribution in [2.75, 3.05) is 0 Å². The molecule has 0 saturated carbocycles. The van der Waals surface area contributed by atoms with Crippen molar-refractivity contribution < 1.29 is 0 Å². The molecule has 2 atom stereocenters. The number of unbranched alkanes of at least 4 members (excludes halogenated alkanes) is 2. The Bertz CT molecular complexity index is 645. The zero-order valence-corrected chi connectivity index (χ0v) is 15.2. The molecule has 1 aliphatic carbocycles. The Morgan fingerprint density at radius 3 is 2.04 bits per heavy atom. The summed E-state index contributed by atoms with van der Waals surface area (Å²) in [6.45, 7) is 4.57. The van der Waals surface area contributed by atoms with E-state index < -0.39 is 0 Å². The van der Waals surface area contributed by atoms with Gasteiger partial charge in [-0.3, -0.25) is 0 Å². The molecule has 0 saturated heterocycles. The summed E-state index contributed by atoms with van der Waals surface area (Å²) >= 11 is 0. The highest BCUT2D eigenvalue weighted by molar-refractivity contribution is 5.64. The first-order chi connectivity index (χ1) is 11.8. The molecule has 24 heavy (non-hydrogen) atoms. The smallest absolute Gasteiger partial charge is 0.00182 e. The summed E-state index contributed by atoms with van der Waals surface area (Å²) < 4.78 is 0. The Hall–Kier alpha value is -1.82. The van der Waals surface area contributed by atoms with Crippen LogP contribution in [0, 0.1) is 5.92 Å². The summed E-state index contributed by atoms with van der Waals surface area (Å²) in [7, 11) is 0. The SMILES string of the molecule is CCCCCc1ccc(-c2ccc(C3C=CC(C)CC3)cc2)cc1. The van der Waals surface area contributed by atoms with E-state index in [-0.39, 0.29) is 0 Å². The van der Waals surface area contributed by atoms with Gasteiger partial charge in [-0.25, -0.2) is 0 Å². The Balaban J connectivity index is 1.66. The molecule has 2 unspecified atom stereocenters. The normalized spacial score (nSPS) is 20.2. The van der Waals surface area contributed by atoms with Crippen LogP contribution < -0.4 is 0 Å². The maximum atomic E-state index is 2.40. The molecule has 0 spiro atoms. The molecule has 0 nitrogen and oxygen atoms in total. The highest BCUT2D eigenvalue weighted by atomic mass is 14.2. The summed E-state index contributed by atoms with van der Waals surface area (Å²) in [5, 5.41) is 0. The maximum Gasteiger partial charge on any atom is 0.00182 e. The Morgan fingerprint density at radius 2 is 1.46 bits per heavy atom. The molecule has 3 rings (SSSR count). The molecule has 0 amide bonds. The van der Waals surface area contributed by atoms with Crippen LogP contribution in [0.1, 0.15) is 63.0 Å². The predicted molar refractivity (Wildman–Crippen MR) is 105 cm³/mol. The van der Waals surface area contributed by atoms with Gasteiger partial charge < -0.3 is 0 Å². The molecule has 1 aliphatic rings. The van der Waals surface area contributed by atoms with E-state index in [1.807, 2.05) is 0 Å². The Kier molecular flexibility index (Phi) is 5.91. The molecule has 2 aromatic carbocycles. The van der Waals surface area contributed by atoms with Gasteiger partial charge in [0.1, 0.15) is 0 Å². The van der Waals surface area contributed by atoms with E-state index in [4.69, 9.17) is 0 Å². The van der Waals surface area contributed by atoms with Crippen molar-refractivity contribution in [3.63, 3.8) is 0 Å². The molecule has 126 valence electrons. The van der Waals surface area contributed by atoms with Gasteiger partial charge in [0.25, 0.3) is 0 Å².